The van der Waals surface area contributed by atoms with Gasteiger partial charge < -0.3 is 15.1 Å². The van der Waals surface area contributed by atoms with Gasteiger partial charge in [-0.1, -0.05) is 12.1 Å². The molecule has 2 heterocycles. The fraction of sp³-hybridized carbons (Fsp3) is 0.389. The number of aromatic nitrogens is 2. The van der Waals surface area contributed by atoms with E-state index in [9.17, 15) is 9.18 Å². The van der Waals surface area contributed by atoms with Crippen molar-refractivity contribution in [3.8, 4) is 0 Å². The molecule has 25 heavy (non-hydrogen) atoms. The number of anilines is 2. The van der Waals surface area contributed by atoms with Crippen LogP contribution in [0, 0.1) is 5.82 Å². The standard InChI is InChI=1S/C18H20FN5O/c19-14-3-1-2-4-16(14)23-9-11-24(12-10-23)17-8-7-15(21-22-17)18(25)20-13-5-6-13/h1-4,7-8,13H,5-6,9-12H2,(H,20,25). The molecule has 6 nitrogen and oxygen atoms in total. The Bertz CT molecular complexity index is 754. The van der Waals surface area contributed by atoms with Crippen LogP contribution in [-0.4, -0.2) is 48.3 Å². The number of nitrogens with one attached hydrogen (secondary N) is 1. The van der Waals surface area contributed by atoms with Crippen molar-refractivity contribution < 1.29 is 9.18 Å². The van der Waals surface area contributed by atoms with Crippen molar-refractivity contribution in [2.24, 2.45) is 0 Å². The van der Waals surface area contributed by atoms with Crippen LogP contribution in [0.1, 0.15) is 23.3 Å². The zero-order valence-corrected chi connectivity index (χ0v) is 13.9. The molecule has 0 atom stereocenters. The van der Waals surface area contributed by atoms with Crippen LogP contribution in [-0.2, 0) is 0 Å². The van der Waals surface area contributed by atoms with Crippen LogP contribution in [0.15, 0.2) is 36.4 Å². The Morgan fingerprint density at radius 3 is 2.36 bits per heavy atom. The smallest absolute Gasteiger partial charge is 0.272 e. The number of benzene rings is 1. The SMILES string of the molecule is O=C(NC1CC1)c1ccc(N2CCN(c3ccccc3F)CC2)nn1. The van der Waals surface area contributed by atoms with Crippen LogP contribution >= 0.6 is 0 Å². The van der Waals surface area contributed by atoms with E-state index in [4.69, 9.17) is 0 Å². The van der Waals surface area contributed by atoms with Crippen molar-refractivity contribution in [1.82, 2.24) is 15.5 Å². The normalized spacial score (nSPS) is 17.5. The maximum absolute atomic E-state index is 13.9. The van der Waals surface area contributed by atoms with Gasteiger partial charge in [-0.15, -0.1) is 10.2 Å². The van der Waals surface area contributed by atoms with Gasteiger partial charge in [-0.2, -0.15) is 0 Å². The lowest BCUT2D eigenvalue weighted by molar-refractivity contribution is 0.0945. The Morgan fingerprint density at radius 2 is 1.72 bits per heavy atom. The van der Waals surface area contributed by atoms with Gasteiger partial charge in [0.05, 0.1) is 5.69 Å². The molecule has 1 saturated carbocycles. The average molecular weight is 341 g/mol. The lowest BCUT2D eigenvalue weighted by atomic mass is 10.2. The highest BCUT2D eigenvalue weighted by atomic mass is 19.1. The molecule has 1 amide bonds. The Kier molecular flexibility index (Phi) is 4.21. The summed E-state index contributed by atoms with van der Waals surface area (Å²) >= 11 is 0. The van der Waals surface area contributed by atoms with E-state index in [0.717, 1.165) is 31.7 Å². The van der Waals surface area contributed by atoms with E-state index in [2.05, 4.69) is 20.4 Å². The van der Waals surface area contributed by atoms with Gasteiger partial charge in [0.25, 0.3) is 5.91 Å². The Hall–Kier alpha value is -2.70. The van der Waals surface area contributed by atoms with Crippen LogP contribution in [0.2, 0.25) is 0 Å². The molecule has 0 radical (unpaired) electrons. The second kappa shape index (κ2) is 6.66. The van der Waals surface area contributed by atoms with Gasteiger partial charge in [-0.25, -0.2) is 4.39 Å². The number of piperazine rings is 1. The van der Waals surface area contributed by atoms with Crippen molar-refractivity contribution in [3.63, 3.8) is 0 Å². The molecular weight excluding hydrogens is 321 g/mol. The van der Waals surface area contributed by atoms with Crippen molar-refractivity contribution in [2.45, 2.75) is 18.9 Å². The largest absolute Gasteiger partial charge is 0.366 e. The maximum atomic E-state index is 13.9. The molecule has 130 valence electrons. The van der Waals surface area contributed by atoms with Crippen molar-refractivity contribution in [3.05, 3.63) is 47.9 Å². The van der Waals surface area contributed by atoms with Crippen LogP contribution in [0.4, 0.5) is 15.9 Å². The summed E-state index contributed by atoms with van der Waals surface area (Å²) < 4.78 is 13.9. The summed E-state index contributed by atoms with van der Waals surface area (Å²) in [4.78, 5) is 16.1. The lowest BCUT2D eigenvalue weighted by Crippen LogP contribution is -2.47. The Balaban J connectivity index is 1.37. The predicted molar refractivity (Wildman–Crippen MR) is 93.3 cm³/mol. The Labute approximate surface area is 145 Å². The summed E-state index contributed by atoms with van der Waals surface area (Å²) in [5.41, 5.74) is 0.987. The van der Waals surface area contributed by atoms with Gasteiger partial charge in [0.2, 0.25) is 0 Å². The molecule has 1 aliphatic carbocycles. The second-order valence-electron chi connectivity index (χ2n) is 6.45. The molecule has 1 aliphatic heterocycles. The summed E-state index contributed by atoms with van der Waals surface area (Å²) in [5.74, 6) is 0.392. The van der Waals surface area contributed by atoms with E-state index in [1.54, 1.807) is 18.2 Å². The van der Waals surface area contributed by atoms with Gasteiger partial charge >= 0.3 is 0 Å². The summed E-state index contributed by atoms with van der Waals surface area (Å²) in [7, 11) is 0. The molecule has 0 spiro atoms. The van der Waals surface area contributed by atoms with E-state index < -0.39 is 0 Å². The highest BCUT2D eigenvalue weighted by molar-refractivity contribution is 5.92. The molecule has 4 rings (SSSR count). The lowest BCUT2D eigenvalue weighted by Gasteiger charge is -2.36. The van der Waals surface area contributed by atoms with Gasteiger partial charge in [0.15, 0.2) is 11.5 Å². The fourth-order valence-electron chi connectivity index (χ4n) is 2.99. The van der Waals surface area contributed by atoms with Crippen molar-refractivity contribution >= 4 is 17.4 Å². The molecule has 2 aromatic rings. The summed E-state index contributed by atoms with van der Waals surface area (Å²) in [6.45, 7) is 2.90. The highest BCUT2D eigenvalue weighted by Gasteiger charge is 2.25. The third-order valence-corrected chi connectivity index (χ3v) is 4.59. The number of para-hydroxylation sites is 1. The van der Waals surface area contributed by atoms with E-state index >= 15 is 0 Å². The van der Waals surface area contributed by atoms with E-state index in [1.165, 1.54) is 6.07 Å². The van der Waals surface area contributed by atoms with Gasteiger partial charge in [-0.3, -0.25) is 4.79 Å². The number of rotatable bonds is 4. The fourth-order valence-corrected chi connectivity index (χ4v) is 2.99. The summed E-state index contributed by atoms with van der Waals surface area (Å²) in [6.07, 6.45) is 2.09. The minimum Gasteiger partial charge on any atom is -0.366 e. The molecule has 0 bridgehead atoms. The first-order chi connectivity index (χ1) is 12.2. The monoisotopic (exact) mass is 341 g/mol. The first kappa shape index (κ1) is 15.8. The maximum Gasteiger partial charge on any atom is 0.272 e. The third-order valence-electron chi connectivity index (χ3n) is 4.59. The number of carbonyl (C=O) groups is 1. The molecule has 7 heteroatoms. The van der Waals surface area contributed by atoms with Crippen molar-refractivity contribution in [2.75, 3.05) is 36.0 Å². The Morgan fingerprint density at radius 1 is 1.00 bits per heavy atom. The first-order valence-electron chi connectivity index (χ1n) is 8.60. The van der Waals surface area contributed by atoms with E-state index in [0.29, 0.717) is 30.5 Å². The number of nitrogens with zero attached hydrogens (tertiary/aromatic N) is 4. The minimum absolute atomic E-state index is 0.161. The second-order valence-corrected chi connectivity index (χ2v) is 6.45. The quantitative estimate of drug-likeness (QED) is 0.919. The molecule has 2 aliphatic rings. The molecule has 2 fully saturated rings. The molecule has 1 N–H and O–H groups in total. The number of hydrogen-bond donors (Lipinski definition) is 1. The highest BCUT2D eigenvalue weighted by Crippen LogP contribution is 2.22. The van der Waals surface area contributed by atoms with Crippen LogP contribution in [0.5, 0.6) is 0 Å². The van der Waals surface area contributed by atoms with Crippen LogP contribution in [0.3, 0.4) is 0 Å². The van der Waals surface area contributed by atoms with E-state index in [-0.39, 0.29) is 11.7 Å². The molecule has 0 unspecified atom stereocenters. The number of hydrogen-bond acceptors (Lipinski definition) is 5. The van der Waals surface area contributed by atoms with Crippen LogP contribution < -0.4 is 15.1 Å². The number of amides is 1. The third kappa shape index (κ3) is 3.55. The molecular formula is C18H20FN5O. The zero-order valence-electron chi connectivity index (χ0n) is 13.9. The molecule has 1 aromatic heterocycles. The van der Waals surface area contributed by atoms with Gasteiger partial charge in [0.1, 0.15) is 5.82 Å². The van der Waals surface area contributed by atoms with Gasteiger partial charge in [0, 0.05) is 32.2 Å². The van der Waals surface area contributed by atoms with E-state index in [1.807, 2.05) is 17.0 Å². The number of carbonyl (C=O) groups excluding carboxylic acids is 1. The van der Waals surface area contributed by atoms with Gasteiger partial charge in [-0.05, 0) is 37.1 Å². The van der Waals surface area contributed by atoms with Crippen molar-refractivity contribution in [1.29, 1.82) is 0 Å². The zero-order chi connectivity index (χ0) is 17.2. The minimum atomic E-state index is -0.193. The van der Waals surface area contributed by atoms with Crippen LogP contribution in [0.25, 0.3) is 0 Å². The summed E-state index contributed by atoms with van der Waals surface area (Å²) in [6, 6.07) is 10.7. The first-order valence-corrected chi connectivity index (χ1v) is 8.60. The molecule has 1 saturated heterocycles. The average Bonchev–Trinajstić information content (AvgIpc) is 3.46. The number of halogens is 1. The molecule has 1 aromatic carbocycles. The predicted octanol–water partition coefficient (Wildman–Crippen LogP) is 1.83. The summed E-state index contributed by atoms with van der Waals surface area (Å²) in [5, 5.41) is 11.1. The topological polar surface area (TPSA) is 61.4 Å².